The van der Waals surface area contributed by atoms with Crippen LogP contribution in [0.5, 0.6) is 5.75 Å². The number of fused-ring (bicyclic) bond motifs is 1. The van der Waals surface area contributed by atoms with E-state index in [1.807, 2.05) is 37.3 Å². The first-order valence-electron chi connectivity index (χ1n) is 5.29. The molecule has 0 atom stereocenters. The molecular weight excluding hydrogens is 202 g/mol. The van der Waals surface area contributed by atoms with Crippen molar-refractivity contribution in [3.05, 3.63) is 36.5 Å². The van der Waals surface area contributed by atoms with E-state index >= 15 is 0 Å². The summed E-state index contributed by atoms with van der Waals surface area (Å²) in [6.07, 6.45) is 2.22. The molecule has 0 spiro atoms. The maximum atomic E-state index is 11.2. The topological polar surface area (TPSA) is 39.2 Å². The van der Waals surface area contributed by atoms with Gasteiger partial charge < -0.3 is 4.74 Å². The van der Waals surface area contributed by atoms with Gasteiger partial charge in [0.1, 0.15) is 17.9 Å². The third kappa shape index (κ3) is 2.19. The van der Waals surface area contributed by atoms with Crippen LogP contribution in [0.1, 0.15) is 13.3 Å². The number of ether oxygens (including phenoxy) is 1. The number of hydrogen-bond acceptors (Lipinski definition) is 3. The van der Waals surface area contributed by atoms with Gasteiger partial charge in [-0.25, -0.2) is 0 Å². The fourth-order valence-electron chi connectivity index (χ4n) is 1.45. The zero-order chi connectivity index (χ0) is 11.4. The van der Waals surface area contributed by atoms with Gasteiger partial charge in [-0.15, -0.1) is 0 Å². The first-order chi connectivity index (χ1) is 7.81. The molecule has 1 aromatic carbocycles. The summed E-state index contributed by atoms with van der Waals surface area (Å²) in [5.41, 5.74) is 0.800. The van der Waals surface area contributed by atoms with Crippen LogP contribution >= 0.6 is 0 Å². The predicted molar refractivity (Wildman–Crippen MR) is 62.5 cm³/mol. The van der Waals surface area contributed by atoms with E-state index in [0.717, 1.165) is 10.9 Å². The Balaban J connectivity index is 2.27. The summed E-state index contributed by atoms with van der Waals surface area (Å²) in [6.45, 7) is 1.94. The molecule has 0 unspecified atom stereocenters. The molecule has 0 amide bonds. The number of ketones is 1. The van der Waals surface area contributed by atoms with Gasteiger partial charge in [0.2, 0.25) is 0 Å². The lowest BCUT2D eigenvalue weighted by Gasteiger charge is -2.06. The molecular formula is C13H13NO2. The number of rotatable bonds is 4. The smallest absolute Gasteiger partial charge is 0.169 e. The number of para-hydroxylation sites is 1. The van der Waals surface area contributed by atoms with E-state index in [0.29, 0.717) is 12.2 Å². The molecule has 0 saturated heterocycles. The Morgan fingerprint density at radius 2 is 2.12 bits per heavy atom. The highest BCUT2D eigenvalue weighted by molar-refractivity contribution is 5.85. The van der Waals surface area contributed by atoms with Gasteiger partial charge in [-0.1, -0.05) is 25.1 Å². The maximum absolute atomic E-state index is 11.2. The Labute approximate surface area is 94.1 Å². The fraction of sp³-hybridized carbons (Fsp3) is 0.231. The first kappa shape index (κ1) is 10.6. The lowest BCUT2D eigenvalue weighted by atomic mass is 10.2. The molecule has 1 aromatic heterocycles. The van der Waals surface area contributed by atoms with Crippen molar-refractivity contribution in [2.24, 2.45) is 0 Å². The zero-order valence-electron chi connectivity index (χ0n) is 9.14. The fourth-order valence-corrected chi connectivity index (χ4v) is 1.45. The molecule has 82 valence electrons. The van der Waals surface area contributed by atoms with Crippen molar-refractivity contribution in [3.8, 4) is 5.75 Å². The second-order valence-electron chi connectivity index (χ2n) is 3.51. The number of carbonyl (C=O) groups excluding carboxylic acids is 1. The van der Waals surface area contributed by atoms with E-state index in [-0.39, 0.29) is 12.4 Å². The Hall–Kier alpha value is -1.90. The number of Topliss-reactive ketones (excluding diaryl/α,β-unsaturated/α-hetero) is 1. The van der Waals surface area contributed by atoms with Gasteiger partial charge in [-0.3, -0.25) is 9.78 Å². The van der Waals surface area contributed by atoms with E-state index in [1.54, 1.807) is 6.20 Å². The van der Waals surface area contributed by atoms with E-state index in [4.69, 9.17) is 4.74 Å². The van der Waals surface area contributed by atoms with Gasteiger partial charge in [0.25, 0.3) is 0 Å². The SMILES string of the molecule is CCC(=O)COc1cccc2cccnc12. The minimum Gasteiger partial charge on any atom is -0.484 e. The van der Waals surface area contributed by atoms with Crippen LogP contribution in [-0.2, 0) is 4.79 Å². The summed E-state index contributed by atoms with van der Waals surface area (Å²) in [7, 11) is 0. The van der Waals surface area contributed by atoms with Crippen LogP contribution in [0.2, 0.25) is 0 Å². The molecule has 0 aliphatic rings. The summed E-state index contributed by atoms with van der Waals surface area (Å²) < 4.78 is 5.46. The molecule has 0 radical (unpaired) electrons. The van der Waals surface area contributed by atoms with Gasteiger partial charge in [-0.05, 0) is 12.1 Å². The molecule has 0 bridgehead atoms. The van der Waals surface area contributed by atoms with Crippen molar-refractivity contribution in [1.29, 1.82) is 0 Å². The molecule has 0 N–H and O–H groups in total. The molecule has 0 fully saturated rings. The van der Waals surface area contributed by atoms with Crippen LogP contribution in [0.15, 0.2) is 36.5 Å². The minimum absolute atomic E-state index is 0.0907. The lowest BCUT2D eigenvalue weighted by Crippen LogP contribution is -2.09. The summed E-state index contributed by atoms with van der Waals surface area (Å²) in [5.74, 6) is 0.757. The van der Waals surface area contributed by atoms with Gasteiger partial charge >= 0.3 is 0 Å². The number of benzene rings is 1. The van der Waals surface area contributed by atoms with E-state index in [1.165, 1.54) is 0 Å². The number of pyridine rings is 1. The first-order valence-corrected chi connectivity index (χ1v) is 5.29. The molecule has 0 aliphatic heterocycles. The summed E-state index contributed by atoms with van der Waals surface area (Å²) in [5, 5.41) is 1.02. The quantitative estimate of drug-likeness (QED) is 0.786. The summed E-state index contributed by atoms with van der Waals surface area (Å²) in [4.78, 5) is 15.4. The molecule has 1 heterocycles. The van der Waals surface area contributed by atoms with E-state index in [9.17, 15) is 4.79 Å². The highest BCUT2D eigenvalue weighted by atomic mass is 16.5. The van der Waals surface area contributed by atoms with Crippen LogP contribution < -0.4 is 4.74 Å². The standard InChI is InChI=1S/C13H13NO2/c1-2-11(15)9-16-12-7-3-5-10-6-4-8-14-13(10)12/h3-8H,2,9H2,1H3. The van der Waals surface area contributed by atoms with Gasteiger partial charge in [-0.2, -0.15) is 0 Å². The molecule has 3 nitrogen and oxygen atoms in total. The Bertz CT molecular complexity index is 503. The van der Waals surface area contributed by atoms with E-state index < -0.39 is 0 Å². The van der Waals surface area contributed by atoms with Gasteiger partial charge in [0.05, 0.1) is 0 Å². The number of carbonyl (C=O) groups is 1. The largest absolute Gasteiger partial charge is 0.484 e. The minimum atomic E-state index is 0.0907. The average molecular weight is 215 g/mol. The van der Waals surface area contributed by atoms with E-state index in [2.05, 4.69) is 4.98 Å². The number of hydrogen-bond donors (Lipinski definition) is 0. The van der Waals surface area contributed by atoms with Crippen LogP contribution in [0.4, 0.5) is 0 Å². The summed E-state index contributed by atoms with van der Waals surface area (Å²) in [6, 6.07) is 9.55. The maximum Gasteiger partial charge on any atom is 0.169 e. The van der Waals surface area contributed by atoms with Crippen molar-refractivity contribution in [2.45, 2.75) is 13.3 Å². The van der Waals surface area contributed by atoms with Crippen molar-refractivity contribution >= 4 is 16.7 Å². The van der Waals surface area contributed by atoms with Gasteiger partial charge in [0.15, 0.2) is 5.78 Å². The highest BCUT2D eigenvalue weighted by Crippen LogP contribution is 2.22. The average Bonchev–Trinajstić information content (AvgIpc) is 2.35. The third-order valence-electron chi connectivity index (χ3n) is 2.38. The van der Waals surface area contributed by atoms with Gasteiger partial charge in [0, 0.05) is 18.0 Å². The second kappa shape index (κ2) is 4.75. The zero-order valence-corrected chi connectivity index (χ0v) is 9.14. The molecule has 0 aliphatic carbocycles. The van der Waals surface area contributed by atoms with Crippen LogP contribution in [0.3, 0.4) is 0 Å². The van der Waals surface area contributed by atoms with Crippen LogP contribution in [0.25, 0.3) is 10.9 Å². The normalized spacial score (nSPS) is 10.3. The molecule has 3 heteroatoms. The van der Waals surface area contributed by atoms with Crippen molar-refractivity contribution in [2.75, 3.05) is 6.61 Å². The Kier molecular flexibility index (Phi) is 3.15. The number of nitrogens with zero attached hydrogens (tertiary/aromatic N) is 1. The Morgan fingerprint density at radius 1 is 1.31 bits per heavy atom. The highest BCUT2D eigenvalue weighted by Gasteiger charge is 2.04. The van der Waals surface area contributed by atoms with Crippen molar-refractivity contribution in [3.63, 3.8) is 0 Å². The number of aromatic nitrogens is 1. The molecule has 2 rings (SSSR count). The Morgan fingerprint density at radius 3 is 2.94 bits per heavy atom. The third-order valence-corrected chi connectivity index (χ3v) is 2.38. The van der Waals surface area contributed by atoms with Crippen molar-refractivity contribution in [1.82, 2.24) is 4.98 Å². The second-order valence-corrected chi connectivity index (χ2v) is 3.51. The van der Waals surface area contributed by atoms with Crippen molar-refractivity contribution < 1.29 is 9.53 Å². The van der Waals surface area contributed by atoms with Crippen LogP contribution in [-0.4, -0.2) is 17.4 Å². The van der Waals surface area contributed by atoms with Crippen LogP contribution in [0, 0.1) is 0 Å². The predicted octanol–water partition coefficient (Wildman–Crippen LogP) is 2.59. The molecule has 2 aromatic rings. The lowest BCUT2D eigenvalue weighted by molar-refractivity contribution is -0.120. The summed E-state index contributed by atoms with van der Waals surface area (Å²) >= 11 is 0. The molecule has 16 heavy (non-hydrogen) atoms. The monoisotopic (exact) mass is 215 g/mol. The molecule has 0 saturated carbocycles.